The van der Waals surface area contributed by atoms with Crippen LogP contribution in [0.4, 0.5) is 0 Å². The Kier molecular flexibility index (Phi) is 5.24. The fourth-order valence-electron chi connectivity index (χ4n) is 2.83. The normalized spacial score (nSPS) is 26.7. The average Bonchev–Trinajstić information content (AvgIpc) is 2.46. The standard InChI is InChI=1S/C13H26N4O3S/c1-11-4-7-16(8-5-11)21(19,20)17-9-6-14-10-12(17)13(18)15(2)3/h11-12,14H,4-10H2,1-3H3. The number of nitrogens with zero attached hydrogens (tertiary/aromatic N) is 3. The predicted octanol–water partition coefficient (Wildman–Crippen LogP) is -0.675. The summed E-state index contributed by atoms with van der Waals surface area (Å²) in [6.07, 6.45) is 1.77. The van der Waals surface area contributed by atoms with Gasteiger partial charge in [-0.25, -0.2) is 0 Å². The molecule has 0 bridgehead atoms. The molecule has 2 rings (SSSR count). The molecule has 1 amide bonds. The molecular formula is C13H26N4O3S. The van der Waals surface area contributed by atoms with E-state index in [1.165, 1.54) is 13.5 Å². The van der Waals surface area contributed by atoms with Crippen molar-refractivity contribution in [3.05, 3.63) is 0 Å². The van der Waals surface area contributed by atoms with E-state index in [1.807, 2.05) is 0 Å². The summed E-state index contributed by atoms with van der Waals surface area (Å²) in [5.41, 5.74) is 0. The highest BCUT2D eigenvalue weighted by Gasteiger charge is 2.41. The second-order valence-corrected chi connectivity index (χ2v) is 8.03. The number of hydrogen-bond acceptors (Lipinski definition) is 4. The van der Waals surface area contributed by atoms with Gasteiger partial charge in [0.25, 0.3) is 10.2 Å². The quantitative estimate of drug-likeness (QED) is 0.749. The summed E-state index contributed by atoms with van der Waals surface area (Å²) in [4.78, 5) is 13.7. The van der Waals surface area contributed by atoms with Crippen LogP contribution in [0.3, 0.4) is 0 Å². The molecule has 2 heterocycles. The monoisotopic (exact) mass is 318 g/mol. The molecule has 2 aliphatic heterocycles. The Morgan fingerprint density at radius 2 is 1.81 bits per heavy atom. The van der Waals surface area contributed by atoms with E-state index in [0.717, 1.165) is 12.8 Å². The number of piperidine rings is 1. The van der Waals surface area contributed by atoms with Gasteiger partial charge in [-0.05, 0) is 18.8 Å². The van der Waals surface area contributed by atoms with Gasteiger partial charge in [0.15, 0.2) is 0 Å². The van der Waals surface area contributed by atoms with Crippen molar-refractivity contribution in [2.75, 3.05) is 46.8 Å². The first-order valence-electron chi connectivity index (χ1n) is 7.53. The third kappa shape index (κ3) is 3.56. The Labute approximate surface area is 127 Å². The smallest absolute Gasteiger partial charge is 0.282 e. The number of rotatable bonds is 3. The number of carbonyl (C=O) groups is 1. The van der Waals surface area contributed by atoms with Crippen molar-refractivity contribution in [3.63, 3.8) is 0 Å². The van der Waals surface area contributed by atoms with E-state index in [1.54, 1.807) is 14.1 Å². The zero-order valence-corrected chi connectivity index (χ0v) is 13.9. The highest BCUT2D eigenvalue weighted by atomic mass is 32.2. The molecule has 0 aromatic rings. The van der Waals surface area contributed by atoms with Gasteiger partial charge in [-0.1, -0.05) is 6.92 Å². The Morgan fingerprint density at radius 1 is 1.19 bits per heavy atom. The molecule has 8 heteroatoms. The van der Waals surface area contributed by atoms with Crippen molar-refractivity contribution in [2.24, 2.45) is 5.92 Å². The van der Waals surface area contributed by atoms with Crippen molar-refractivity contribution in [1.29, 1.82) is 0 Å². The van der Waals surface area contributed by atoms with Crippen LogP contribution in [0.1, 0.15) is 19.8 Å². The number of likely N-dealkylation sites (N-methyl/N-ethyl adjacent to an activating group) is 1. The lowest BCUT2D eigenvalue weighted by atomic mass is 10.0. The summed E-state index contributed by atoms with van der Waals surface area (Å²) < 4.78 is 28.6. The molecular weight excluding hydrogens is 292 g/mol. The van der Waals surface area contributed by atoms with Gasteiger partial charge < -0.3 is 10.2 Å². The van der Waals surface area contributed by atoms with Crippen LogP contribution in [-0.4, -0.2) is 80.7 Å². The van der Waals surface area contributed by atoms with Gasteiger partial charge in [0.1, 0.15) is 6.04 Å². The van der Waals surface area contributed by atoms with Crippen LogP contribution < -0.4 is 5.32 Å². The van der Waals surface area contributed by atoms with Gasteiger partial charge in [0.05, 0.1) is 0 Å². The molecule has 2 fully saturated rings. The van der Waals surface area contributed by atoms with E-state index in [9.17, 15) is 13.2 Å². The van der Waals surface area contributed by atoms with Crippen molar-refractivity contribution in [3.8, 4) is 0 Å². The molecule has 122 valence electrons. The maximum atomic E-state index is 12.8. The Bertz CT molecular complexity index is 472. The second kappa shape index (κ2) is 6.60. The van der Waals surface area contributed by atoms with Crippen LogP contribution in [0.2, 0.25) is 0 Å². The SMILES string of the molecule is CC1CCN(S(=O)(=O)N2CCNCC2C(=O)N(C)C)CC1. The molecule has 0 saturated carbocycles. The lowest BCUT2D eigenvalue weighted by molar-refractivity contribution is -0.133. The maximum absolute atomic E-state index is 12.8. The van der Waals surface area contributed by atoms with Gasteiger partial charge in [-0.3, -0.25) is 4.79 Å². The molecule has 2 aliphatic rings. The highest BCUT2D eigenvalue weighted by molar-refractivity contribution is 7.86. The number of nitrogens with one attached hydrogen (secondary N) is 1. The molecule has 0 radical (unpaired) electrons. The van der Waals surface area contributed by atoms with Gasteiger partial charge in [0, 0.05) is 46.8 Å². The summed E-state index contributed by atoms with van der Waals surface area (Å²) >= 11 is 0. The number of amides is 1. The number of hydrogen-bond donors (Lipinski definition) is 1. The zero-order chi connectivity index (χ0) is 15.6. The molecule has 7 nitrogen and oxygen atoms in total. The third-order valence-electron chi connectivity index (χ3n) is 4.29. The van der Waals surface area contributed by atoms with E-state index in [2.05, 4.69) is 12.2 Å². The summed E-state index contributed by atoms with van der Waals surface area (Å²) in [6.45, 7) is 4.56. The number of piperazine rings is 1. The second-order valence-electron chi connectivity index (χ2n) is 6.15. The minimum Gasteiger partial charge on any atom is -0.347 e. The molecule has 0 aromatic heterocycles. The van der Waals surface area contributed by atoms with E-state index in [4.69, 9.17) is 0 Å². The Hall–Kier alpha value is -0.700. The molecule has 0 aliphatic carbocycles. The molecule has 1 atom stereocenters. The van der Waals surface area contributed by atoms with Crippen LogP contribution in [0.25, 0.3) is 0 Å². The van der Waals surface area contributed by atoms with Crippen molar-refractivity contribution >= 4 is 16.1 Å². The van der Waals surface area contributed by atoms with Gasteiger partial charge in [0.2, 0.25) is 5.91 Å². The third-order valence-corrected chi connectivity index (χ3v) is 6.33. The van der Waals surface area contributed by atoms with E-state index in [-0.39, 0.29) is 5.91 Å². The first-order valence-corrected chi connectivity index (χ1v) is 8.92. The largest absolute Gasteiger partial charge is 0.347 e. The first kappa shape index (κ1) is 16.7. The highest BCUT2D eigenvalue weighted by Crippen LogP contribution is 2.23. The summed E-state index contributed by atoms with van der Waals surface area (Å²) in [5, 5.41) is 3.11. The minimum absolute atomic E-state index is 0.170. The maximum Gasteiger partial charge on any atom is 0.282 e. The predicted molar refractivity (Wildman–Crippen MR) is 80.9 cm³/mol. The van der Waals surface area contributed by atoms with E-state index in [0.29, 0.717) is 38.6 Å². The molecule has 1 unspecified atom stereocenters. The van der Waals surface area contributed by atoms with Crippen LogP contribution in [0.5, 0.6) is 0 Å². The van der Waals surface area contributed by atoms with Gasteiger partial charge >= 0.3 is 0 Å². The minimum atomic E-state index is -3.56. The van der Waals surface area contributed by atoms with Crippen LogP contribution in [0, 0.1) is 5.92 Å². The summed E-state index contributed by atoms with van der Waals surface area (Å²) in [5.74, 6) is 0.398. The molecule has 21 heavy (non-hydrogen) atoms. The zero-order valence-electron chi connectivity index (χ0n) is 13.1. The lowest BCUT2D eigenvalue weighted by Gasteiger charge is -2.40. The molecule has 2 saturated heterocycles. The number of carbonyl (C=O) groups excluding carboxylic acids is 1. The van der Waals surface area contributed by atoms with Crippen LogP contribution >= 0.6 is 0 Å². The topological polar surface area (TPSA) is 73.0 Å². The van der Waals surface area contributed by atoms with E-state index < -0.39 is 16.3 Å². The Balaban J connectivity index is 2.17. The average molecular weight is 318 g/mol. The fourth-order valence-corrected chi connectivity index (χ4v) is 4.61. The van der Waals surface area contributed by atoms with Gasteiger partial charge in [-0.15, -0.1) is 0 Å². The van der Waals surface area contributed by atoms with Crippen molar-refractivity contribution < 1.29 is 13.2 Å². The van der Waals surface area contributed by atoms with Gasteiger partial charge in [-0.2, -0.15) is 17.0 Å². The first-order chi connectivity index (χ1) is 9.84. The molecule has 0 aromatic carbocycles. The Morgan fingerprint density at radius 3 is 2.38 bits per heavy atom. The van der Waals surface area contributed by atoms with Crippen molar-refractivity contribution in [1.82, 2.24) is 18.8 Å². The summed E-state index contributed by atoms with van der Waals surface area (Å²) in [7, 11) is -0.243. The van der Waals surface area contributed by atoms with E-state index >= 15 is 0 Å². The lowest BCUT2D eigenvalue weighted by Crippen LogP contribution is -2.62. The van der Waals surface area contributed by atoms with Crippen LogP contribution in [0.15, 0.2) is 0 Å². The molecule has 0 spiro atoms. The molecule has 1 N–H and O–H groups in total. The summed E-state index contributed by atoms with van der Waals surface area (Å²) in [6, 6.07) is -0.641. The van der Waals surface area contributed by atoms with Crippen LogP contribution in [-0.2, 0) is 15.0 Å². The fraction of sp³-hybridized carbons (Fsp3) is 0.923. The van der Waals surface area contributed by atoms with Crippen molar-refractivity contribution in [2.45, 2.75) is 25.8 Å².